The Labute approximate surface area is 335 Å². The first-order valence-corrected chi connectivity index (χ1v) is 18.0. The number of rotatable bonds is 12. The van der Waals surface area contributed by atoms with Crippen LogP contribution in [0.15, 0.2) is 103 Å². The number of H-pyrrole nitrogens is 1. The molecule has 0 aliphatic heterocycles. The molecule has 5 rings (SSSR count). The second kappa shape index (κ2) is 22.0. The van der Waals surface area contributed by atoms with E-state index in [1.165, 1.54) is 0 Å². The maximum absolute atomic E-state index is 12.4. The fraction of sp³-hybridized carbons (Fsp3) is 0.214. The van der Waals surface area contributed by atoms with Crippen LogP contribution in [0.2, 0.25) is 0 Å². The topological polar surface area (TPSA) is 223 Å². The number of benzene rings is 4. The lowest BCUT2D eigenvalue weighted by Crippen LogP contribution is -2.35. The molecule has 15 heteroatoms. The number of esters is 1. The molecule has 5 aromatic rings. The van der Waals surface area contributed by atoms with Crippen LogP contribution >= 0.6 is 12.2 Å². The molecule has 0 aliphatic carbocycles. The second-order valence-electron chi connectivity index (χ2n) is 12.6. The first-order chi connectivity index (χ1) is 27.1. The molecule has 0 spiro atoms. The molecule has 0 saturated heterocycles. The summed E-state index contributed by atoms with van der Waals surface area (Å²) in [7, 11) is 0. The molecular formula is C42H45N5O9S. The Morgan fingerprint density at radius 2 is 1.23 bits per heavy atom. The van der Waals surface area contributed by atoms with E-state index in [9.17, 15) is 24.0 Å². The van der Waals surface area contributed by atoms with Crippen LogP contribution in [0.3, 0.4) is 0 Å². The minimum absolute atomic E-state index is 0.0265. The van der Waals surface area contributed by atoms with E-state index in [0.29, 0.717) is 34.4 Å². The average molecular weight is 796 g/mol. The number of carbonyl (C=O) groups is 5. The summed E-state index contributed by atoms with van der Waals surface area (Å²) in [5.74, 6) is -3.42. The molecule has 0 aliphatic rings. The third kappa shape index (κ3) is 14.5. The largest absolute Gasteiger partial charge is 0.478 e. The Morgan fingerprint density at radius 3 is 1.67 bits per heavy atom. The molecule has 0 fully saturated rings. The van der Waals surface area contributed by atoms with Gasteiger partial charge in [0.2, 0.25) is 0 Å². The SMILES string of the molecule is CC[C@@H](COC(=O)c1ccc(C)cc1)O[C@H](C)c1[nH]nc(C(N)=O)c1NC(=S)NC(=O)c1ccccc1.Cc1ccc(C(=O)O)cc1.Cc1ccc(C(=O)O)cc1. The van der Waals surface area contributed by atoms with Crippen LogP contribution in [-0.4, -0.2) is 68.0 Å². The Kier molecular flexibility index (Phi) is 17.2. The number of aryl methyl sites for hydroxylation is 3. The van der Waals surface area contributed by atoms with Crippen molar-refractivity contribution >= 4 is 52.7 Å². The Balaban J connectivity index is 0.000000350. The van der Waals surface area contributed by atoms with Crippen LogP contribution in [-0.2, 0) is 9.47 Å². The molecule has 0 unspecified atom stereocenters. The summed E-state index contributed by atoms with van der Waals surface area (Å²) >= 11 is 5.27. The van der Waals surface area contributed by atoms with Crippen LogP contribution in [0.25, 0.3) is 0 Å². The van der Waals surface area contributed by atoms with Crippen molar-refractivity contribution in [2.75, 3.05) is 11.9 Å². The van der Waals surface area contributed by atoms with E-state index in [0.717, 1.165) is 16.7 Å². The number of carboxylic acid groups (broad SMARTS) is 2. The van der Waals surface area contributed by atoms with Gasteiger partial charge in [0, 0.05) is 5.56 Å². The molecule has 2 atom stereocenters. The van der Waals surface area contributed by atoms with E-state index < -0.39 is 41.9 Å². The monoisotopic (exact) mass is 795 g/mol. The zero-order valence-corrected chi connectivity index (χ0v) is 32.9. The summed E-state index contributed by atoms with van der Waals surface area (Å²) in [5.41, 5.74) is 10.7. The number of amides is 2. The van der Waals surface area contributed by atoms with E-state index >= 15 is 0 Å². The number of nitrogens with two attached hydrogens (primary N) is 1. The maximum atomic E-state index is 12.4. The third-order valence-corrected chi connectivity index (χ3v) is 8.28. The Hall–Kier alpha value is -6.71. The first-order valence-electron chi connectivity index (χ1n) is 17.6. The second-order valence-corrected chi connectivity index (χ2v) is 13.0. The lowest BCUT2D eigenvalue weighted by atomic mass is 10.1. The van der Waals surface area contributed by atoms with Crippen molar-refractivity contribution in [3.05, 3.63) is 153 Å². The van der Waals surface area contributed by atoms with E-state index in [-0.39, 0.29) is 23.1 Å². The van der Waals surface area contributed by atoms with Gasteiger partial charge in [0.1, 0.15) is 6.61 Å². The van der Waals surface area contributed by atoms with E-state index in [4.69, 9.17) is 37.6 Å². The van der Waals surface area contributed by atoms with Gasteiger partial charge in [-0.3, -0.25) is 20.0 Å². The zero-order valence-electron chi connectivity index (χ0n) is 32.1. The Bertz CT molecular complexity index is 2080. The number of hydrogen-bond donors (Lipinski definition) is 6. The predicted octanol–water partition coefficient (Wildman–Crippen LogP) is 7.04. The summed E-state index contributed by atoms with van der Waals surface area (Å²) < 4.78 is 11.5. The van der Waals surface area contributed by atoms with Crippen molar-refractivity contribution in [1.82, 2.24) is 15.5 Å². The van der Waals surface area contributed by atoms with Crippen LogP contribution in [0.5, 0.6) is 0 Å². The Morgan fingerprint density at radius 1 is 0.754 bits per heavy atom. The molecule has 7 N–H and O–H groups in total. The highest BCUT2D eigenvalue weighted by molar-refractivity contribution is 7.80. The van der Waals surface area contributed by atoms with Crippen LogP contribution in [0.1, 0.15) is 101 Å². The lowest BCUT2D eigenvalue weighted by molar-refractivity contribution is -0.0443. The predicted molar refractivity (Wildman–Crippen MR) is 219 cm³/mol. The zero-order chi connectivity index (χ0) is 42.1. The highest BCUT2D eigenvalue weighted by Crippen LogP contribution is 2.28. The molecule has 1 aromatic heterocycles. The number of anilines is 1. The van der Waals surface area contributed by atoms with Gasteiger partial charge >= 0.3 is 17.9 Å². The minimum atomic E-state index is -0.875. The number of thiocarbonyl (C=S) groups is 1. The van der Waals surface area contributed by atoms with Gasteiger partial charge in [-0.1, -0.05) is 78.2 Å². The van der Waals surface area contributed by atoms with Crippen molar-refractivity contribution in [1.29, 1.82) is 0 Å². The first kappa shape index (κ1) is 44.7. The number of primary amides is 1. The number of ether oxygens (including phenoxy) is 2. The van der Waals surface area contributed by atoms with Crippen molar-refractivity contribution < 1.29 is 43.7 Å². The maximum Gasteiger partial charge on any atom is 0.338 e. The van der Waals surface area contributed by atoms with Gasteiger partial charge in [-0.2, -0.15) is 5.10 Å². The van der Waals surface area contributed by atoms with Crippen LogP contribution < -0.4 is 16.4 Å². The standard InChI is InChI=1S/C26H29N5O5S.2C8H8O2/c1-4-19(14-35-25(34)18-12-10-15(2)11-13-18)36-16(3)20-21(22(23(27)32)31-30-20)28-26(37)29-24(33)17-8-6-5-7-9-17;2*1-6-2-4-7(5-3-6)8(9)10/h5-13,16,19H,4,14H2,1-3H3,(H2,27,32)(H,30,31)(H2,28,29,33,37);2*2-5H,1H3,(H,9,10)/t16-,19+;;/m1../s1. The van der Waals surface area contributed by atoms with Crippen molar-refractivity contribution in [3.8, 4) is 0 Å². The summed E-state index contributed by atoms with van der Waals surface area (Å²) in [6, 6.07) is 29.1. The van der Waals surface area contributed by atoms with E-state index in [2.05, 4.69) is 20.8 Å². The summed E-state index contributed by atoms with van der Waals surface area (Å²) in [5, 5.41) is 29.0. The molecule has 298 valence electrons. The third-order valence-electron chi connectivity index (χ3n) is 8.07. The molecule has 0 saturated carbocycles. The number of hydrogen-bond acceptors (Lipinski definition) is 9. The molecule has 0 bridgehead atoms. The summed E-state index contributed by atoms with van der Waals surface area (Å²) in [4.78, 5) is 57.4. The number of aromatic amines is 1. The number of nitrogens with zero attached hydrogens (tertiary/aromatic N) is 1. The average Bonchev–Trinajstić information content (AvgIpc) is 3.61. The fourth-order valence-corrected chi connectivity index (χ4v) is 5.00. The number of carbonyl (C=O) groups excluding carboxylic acids is 3. The highest BCUT2D eigenvalue weighted by Gasteiger charge is 2.25. The molecule has 1 heterocycles. The van der Waals surface area contributed by atoms with E-state index in [1.54, 1.807) is 97.9 Å². The van der Waals surface area contributed by atoms with Crippen molar-refractivity contribution in [3.63, 3.8) is 0 Å². The fourth-order valence-electron chi connectivity index (χ4n) is 4.81. The summed E-state index contributed by atoms with van der Waals surface area (Å²) in [6.45, 7) is 9.44. The minimum Gasteiger partial charge on any atom is -0.478 e. The molecule has 4 aromatic carbocycles. The van der Waals surface area contributed by atoms with Gasteiger partial charge in [-0.25, -0.2) is 14.4 Å². The van der Waals surface area contributed by atoms with Gasteiger partial charge < -0.3 is 30.7 Å². The van der Waals surface area contributed by atoms with Crippen molar-refractivity contribution in [2.24, 2.45) is 5.73 Å². The quantitative estimate of drug-likeness (QED) is 0.0553. The van der Waals surface area contributed by atoms with Crippen molar-refractivity contribution in [2.45, 2.75) is 53.2 Å². The van der Waals surface area contributed by atoms with E-state index in [1.807, 2.05) is 39.8 Å². The van der Waals surface area contributed by atoms with Gasteiger partial charge in [-0.05, 0) is 94.9 Å². The smallest absolute Gasteiger partial charge is 0.338 e. The van der Waals surface area contributed by atoms with Crippen LogP contribution in [0.4, 0.5) is 5.69 Å². The highest BCUT2D eigenvalue weighted by atomic mass is 32.1. The molecule has 14 nitrogen and oxygen atoms in total. The van der Waals surface area contributed by atoms with Crippen LogP contribution in [0, 0.1) is 20.8 Å². The number of aromatic carboxylic acids is 2. The van der Waals surface area contributed by atoms with Gasteiger partial charge in [-0.15, -0.1) is 0 Å². The molecule has 57 heavy (non-hydrogen) atoms. The molecular weight excluding hydrogens is 751 g/mol. The lowest BCUT2D eigenvalue weighted by Gasteiger charge is -2.22. The normalized spacial score (nSPS) is 11.2. The summed E-state index contributed by atoms with van der Waals surface area (Å²) in [6.07, 6.45) is -0.516. The molecule has 0 radical (unpaired) electrons. The number of nitrogens with one attached hydrogen (secondary N) is 3. The number of aromatic nitrogens is 2. The van der Waals surface area contributed by atoms with Gasteiger partial charge in [0.25, 0.3) is 11.8 Å². The molecule has 2 amide bonds. The van der Waals surface area contributed by atoms with Gasteiger partial charge in [0.15, 0.2) is 10.8 Å². The van der Waals surface area contributed by atoms with Gasteiger partial charge in [0.05, 0.1) is 40.3 Å². The number of carboxylic acids is 2.